The molecule has 2 heteroatoms. The molecule has 0 unspecified atom stereocenters. The zero-order chi connectivity index (χ0) is 6.97. The molecule has 0 fully saturated rings. The Morgan fingerprint density at radius 3 is 3.30 bits per heavy atom. The van der Waals surface area contributed by atoms with E-state index in [1.54, 1.807) is 12.3 Å². The maximum atomic E-state index is 12.4. The Morgan fingerprint density at radius 2 is 2.40 bits per heavy atom. The van der Waals surface area contributed by atoms with E-state index in [1.165, 1.54) is 6.07 Å². The van der Waals surface area contributed by atoms with Gasteiger partial charge in [-0.1, -0.05) is 0 Å². The van der Waals surface area contributed by atoms with Gasteiger partial charge in [-0.2, -0.15) is 0 Å². The molecular weight excluding hydrogens is 129 g/mol. The highest BCUT2D eigenvalue weighted by Crippen LogP contribution is 2.11. The van der Waals surface area contributed by atoms with Crippen molar-refractivity contribution in [3.8, 4) is 0 Å². The molecule has 0 atom stereocenters. The van der Waals surface area contributed by atoms with Gasteiger partial charge >= 0.3 is 0 Å². The Hall–Kier alpha value is -1.31. The van der Waals surface area contributed by atoms with Crippen LogP contribution < -0.4 is 0 Å². The van der Waals surface area contributed by atoms with Crippen LogP contribution in [0, 0.1) is 11.9 Å². The molecule has 49 valence electrons. The van der Waals surface area contributed by atoms with Gasteiger partial charge in [0.15, 0.2) is 0 Å². The maximum absolute atomic E-state index is 12.4. The Bertz CT molecular complexity index is 351. The molecule has 1 N–H and O–H groups in total. The average molecular weight is 134 g/mol. The lowest BCUT2D eigenvalue weighted by Crippen LogP contribution is -1.72. The van der Waals surface area contributed by atoms with Crippen molar-refractivity contribution in [3.05, 3.63) is 36.3 Å². The molecule has 1 nitrogen and oxygen atoms in total. The topological polar surface area (TPSA) is 15.8 Å². The van der Waals surface area contributed by atoms with Gasteiger partial charge in [0, 0.05) is 23.2 Å². The molecule has 1 aromatic heterocycles. The minimum absolute atomic E-state index is 0.324. The number of aromatic amines is 1. The minimum Gasteiger partial charge on any atom is -0.361 e. The van der Waals surface area contributed by atoms with E-state index in [2.05, 4.69) is 11.1 Å². The molecule has 1 radical (unpaired) electrons. The van der Waals surface area contributed by atoms with Crippen molar-refractivity contribution in [2.75, 3.05) is 0 Å². The van der Waals surface area contributed by atoms with E-state index in [1.807, 2.05) is 6.07 Å². The van der Waals surface area contributed by atoms with Crippen LogP contribution in [0.3, 0.4) is 0 Å². The second-order valence-electron chi connectivity index (χ2n) is 2.13. The Morgan fingerprint density at radius 1 is 1.50 bits per heavy atom. The van der Waals surface area contributed by atoms with E-state index in [-0.39, 0.29) is 5.82 Å². The zero-order valence-corrected chi connectivity index (χ0v) is 5.19. The molecule has 2 aromatic rings. The third-order valence-electron chi connectivity index (χ3n) is 1.45. The van der Waals surface area contributed by atoms with Crippen molar-refractivity contribution in [3.63, 3.8) is 0 Å². The summed E-state index contributed by atoms with van der Waals surface area (Å²) in [6.07, 6.45) is 1.78. The van der Waals surface area contributed by atoms with E-state index in [0.717, 1.165) is 10.9 Å². The molecule has 0 aliphatic heterocycles. The van der Waals surface area contributed by atoms with Crippen LogP contribution in [-0.4, -0.2) is 4.98 Å². The fourth-order valence-electron chi connectivity index (χ4n) is 0.960. The molecule has 10 heavy (non-hydrogen) atoms. The smallest absolute Gasteiger partial charge is 0.133 e. The molecule has 0 aliphatic rings. The molecule has 0 saturated heterocycles. The molecule has 2 rings (SSSR count). The number of fused-ring (bicyclic) bond motifs is 1. The SMILES string of the molecule is Fc1[c]cc2cc[nH]c2c1. The van der Waals surface area contributed by atoms with Gasteiger partial charge in [-0.25, -0.2) is 4.39 Å². The number of aromatic nitrogens is 1. The van der Waals surface area contributed by atoms with Gasteiger partial charge in [-0.15, -0.1) is 0 Å². The predicted molar refractivity (Wildman–Crippen MR) is 37.1 cm³/mol. The Kier molecular flexibility index (Phi) is 1.01. The molecule has 0 aliphatic carbocycles. The first-order valence-electron chi connectivity index (χ1n) is 3.00. The summed E-state index contributed by atoms with van der Waals surface area (Å²) in [6.45, 7) is 0. The van der Waals surface area contributed by atoms with E-state index in [4.69, 9.17) is 0 Å². The largest absolute Gasteiger partial charge is 0.361 e. The molecule has 0 bridgehead atoms. The average Bonchev–Trinajstić information content (AvgIpc) is 2.33. The maximum Gasteiger partial charge on any atom is 0.133 e. The summed E-state index contributed by atoms with van der Waals surface area (Å²) >= 11 is 0. The van der Waals surface area contributed by atoms with Gasteiger partial charge in [0.1, 0.15) is 5.82 Å². The van der Waals surface area contributed by atoms with Gasteiger partial charge in [-0.05, 0) is 18.2 Å². The van der Waals surface area contributed by atoms with Crippen LogP contribution in [0.1, 0.15) is 0 Å². The first-order valence-corrected chi connectivity index (χ1v) is 3.00. The van der Waals surface area contributed by atoms with E-state index < -0.39 is 0 Å². The number of hydrogen-bond acceptors (Lipinski definition) is 0. The van der Waals surface area contributed by atoms with Gasteiger partial charge in [-0.3, -0.25) is 0 Å². The van der Waals surface area contributed by atoms with E-state index >= 15 is 0 Å². The number of rotatable bonds is 0. The van der Waals surface area contributed by atoms with Gasteiger partial charge < -0.3 is 4.98 Å². The third-order valence-corrected chi connectivity index (χ3v) is 1.45. The molecule has 1 heterocycles. The molecule has 0 spiro atoms. The van der Waals surface area contributed by atoms with Crippen molar-refractivity contribution >= 4 is 10.9 Å². The second kappa shape index (κ2) is 1.84. The number of nitrogens with one attached hydrogen (secondary N) is 1. The first-order chi connectivity index (χ1) is 4.86. The highest BCUT2D eigenvalue weighted by atomic mass is 19.1. The third kappa shape index (κ3) is 0.692. The summed E-state index contributed by atoms with van der Waals surface area (Å²) in [5.41, 5.74) is 0.816. The Labute approximate surface area is 57.5 Å². The van der Waals surface area contributed by atoms with Crippen molar-refractivity contribution < 1.29 is 4.39 Å². The van der Waals surface area contributed by atoms with Gasteiger partial charge in [0.05, 0.1) is 0 Å². The molecular formula is C8H5FN. The van der Waals surface area contributed by atoms with Gasteiger partial charge in [0.25, 0.3) is 0 Å². The summed E-state index contributed by atoms with van der Waals surface area (Å²) in [7, 11) is 0. The standard InChI is InChI=1S/C8H5FN/c9-7-2-1-6-3-4-10-8(6)5-7/h1,3-5,10H. The number of halogens is 1. The summed E-state index contributed by atoms with van der Waals surface area (Å²) in [5, 5.41) is 0.987. The monoisotopic (exact) mass is 134 g/mol. The van der Waals surface area contributed by atoms with Crippen molar-refractivity contribution in [2.24, 2.45) is 0 Å². The summed E-state index contributed by atoms with van der Waals surface area (Å²) in [4.78, 5) is 2.90. The van der Waals surface area contributed by atoms with Crippen LogP contribution in [0.15, 0.2) is 24.4 Å². The lowest BCUT2D eigenvalue weighted by atomic mass is 10.2. The molecule has 1 aromatic carbocycles. The fraction of sp³-hybridized carbons (Fsp3) is 0. The van der Waals surface area contributed by atoms with Crippen LogP contribution >= 0.6 is 0 Å². The van der Waals surface area contributed by atoms with Crippen LogP contribution in [0.5, 0.6) is 0 Å². The predicted octanol–water partition coefficient (Wildman–Crippen LogP) is 2.11. The summed E-state index contributed by atoms with van der Waals surface area (Å²) in [5.74, 6) is -0.324. The molecule has 0 amide bonds. The Balaban J connectivity index is 2.86. The van der Waals surface area contributed by atoms with Crippen LogP contribution in [0.25, 0.3) is 10.9 Å². The van der Waals surface area contributed by atoms with Crippen LogP contribution in [-0.2, 0) is 0 Å². The number of hydrogen-bond donors (Lipinski definition) is 1. The van der Waals surface area contributed by atoms with Crippen molar-refractivity contribution in [1.82, 2.24) is 4.98 Å². The van der Waals surface area contributed by atoms with Crippen LogP contribution in [0.2, 0.25) is 0 Å². The normalized spacial score (nSPS) is 10.5. The van der Waals surface area contributed by atoms with Crippen molar-refractivity contribution in [2.45, 2.75) is 0 Å². The van der Waals surface area contributed by atoms with E-state index in [0.29, 0.717) is 0 Å². The van der Waals surface area contributed by atoms with Crippen LogP contribution in [0.4, 0.5) is 4.39 Å². The van der Waals surface area contributed by atoms with E-state index in [9.17, 15) is 4.39 Å². The first kappa shape index (κ1) is 5.47. The summed E-state index contributed by atoms with van der Waals surface area (Å²) < 4.78 is 12.4. The summed E-state index contributed by atoms with van der Waals surface area (Å²) in [6, 6.07) is 7.41. The lowest BCUT2D eigenvalue weighted by Gasteiger charge is -1.86. The lowest BCUT2D eigenvalue weighted by molar-refractivity contribution is 0.627. The zero-order valence-electron chi connectivity index (χ0n) is 5.19. The quantitative estimate of drug-likeness (QED) is 0.568. The fourth-order valence-corrected chi connectivity index (χ4v) is 0.960. The highest BCUT2D eigenvalue weighted by Gasteiger charge is 1.94. The number of H-pyrrole nitrogens is 1. The van der Waals surface area contributed by atoms with Gasteiger partial charge in [0.2, 0.25) is 0 Å². The second-order valence-corrected chi connectivity index (χ2v) is 2.13. The van der Waals surface area contributed by atoms with Crippen molar-refractivity contribution in [1.29, 1.82) is 0 Å². The minimum atomic E-state index is -0.324. The number of benzene rings is 1. The molecule has 0 saturated carbocycles. The highest BCUT2D eigenvalue weighted by molar-refractivity contribution is 5.78.